The smallest absolute Gasteiger partial charge is 0.0458 e. The number of hydrogen-bond donors (Lipinski definition) is 1. The zero-order valence-electron chi connectivity index (χ0n) is 9.31. The van der Waals surface area contributed by atoms with Crippen molar-refractivity contribution < 1.29 is 0 Å². The molecule has 0 bridgehead atoms. The van der Waals surface area contributed by atoms with Crippen LogP contribution in [-0.2, 0) is 0 Å². The Morgan fingerprint density at radius 3 is 2.38 bits per heavy atom. The lowest BCUT2D eigenvalue weighted by Crippen LogP contribution is -1.89. The molecule has 1 nitrogen and oxygen atoms in total. The van der Waals surface area contributed by atoms with Crippen molar-refractivity contribution in [2.45, 2.75) is 11.8 Å². The van der Waals surface area contributed by atoms with Gasteiger partial charge in [-0.3, -0.25) is 0 Å². The average Bonchev–Trinajstić information content (AvgIpc) is 2.33. The zero-order valence-corrected chi connectivity index (χ0v) is 10.1. The highest BCUT2D eigenvalue weighted by Gasteiger charge is 2.02. The quantitative estimate of drug-likeness (QED) is 0.634. The van der Waals surface area contributed by atoms with Gasteiger partial charge in [0.2, 0.25) is 0 Å². The fourth-order valence-corrected chi connectivity index (χ4v) is 2.35. The van der Waals surface area contributed by atoms with Gasteiger partial charge in [0.1, 0.15) is 0 Å². The minimum absolute atomic E-state index is 0.869. The third kappa shape index (κ3) is 2.39. The second kappa shape index (κ2) is 5.08. The van der Waals surface area contributed by atoms with Gasteiger partial charge < -0.3 is 5.73 Å². The van der Waals surface area contributed by atoms with Gasteiger partial charge in [0.05, 0.1) is 0 Å². The molecule has 2 heteroatoms. The number of nitrogens with two attached hydrogens (primary N) is 1. The first-order valence-electron chi connectivity index (χ1n) is 5.39. The van der Waals surface area contributed by atoms with E-state index in [9.17, 15) is 0 Å². The number of thioether (sulfide) groups is 1. The van der Waals surface area contributed by atoms with Crippen molar-refractivity contribution in [1.29, 1.82) is 0 Å². The lowest BCUT2D eigenvalue weighted by atomic mass is 10.1. The largest absolute Gasteiger partial charge is 0.398 e. The summed E-state index contributed by atoms with van der Waals surface area (Å²) < 4.78 is 0. The van der Waals surface area contributed by atoms with Crippen molar-refractivity contribution in [1.82, 2.24) is 0 Å². The van der Waals surface area contributed by atoms with E-state index in [1.54, 1.807) is 11.8 Å². The summed E-state index contributed by atoms with van der Waals surface area (Å²) in [4.78, 5) is 1.17. The van der Waals surface area contributed by atoms with E-state index in [0.717, 1.165) is 11.4 Å². The molecule has 0 saturated heterocycles. The van der Waals surface area contributed by atoms with Crippen molar-refractivity contribution >= 4 is 17.4 Å². The molecule has 0 aliphatic carbocycles. The molecule has 0 aromatic heterocycles. The van der Waals surface area contributed by atoms with Crippen molar-refractivity contribution in [2.24, 2.45) is 0 Å². The summed E-state index contributed by atoms with van der Waals surface area (Å²) >= 11 is 1.78. The zero-order chi connectivity index (χ0) is 11.4. The Hall–Kier alpha value is -1.41. The van der Waals surface area contributed by atoms with Crippen LogP contribution in [0.25, 0.3) is 11.1 Å². The Kier molecular flexibility index (Phi) is 3.52. The van der Waals surface area contributed by atoms with Crippen LogP contribution in [0.15, 0.2) is 53.4 Å². The molecule has 16 heavy (non-hydrogen) atoms. The van der Waals surface area contributed by atoms with E-state index in [4.69, 9.17) is 5.73 Å². The van der Waals surface area contributed by atoms with Crippen LogP contribution in [0.5, 0.6) is 0 Å². The molecule has 0 unspecified atom stereocenters. The van der Waals surface area contributed by atoms with Gasteiger partial charge in [-0.25, -0.2) is 0 Å². The first-order chi connectivity index (χ1) is 7.81. The van der Waals surface area contributed by atoms with Crippen LogP contribution in [0, 0.1) is 0 Å². The highest BCUT2D eigenvalue weighted by molar-refractivity contribution is 7.99. The van der Waals surface area contributed by atoms with Gasteiger partial charge in [-0.15, -0.1) is 11.8 Å². The van der Waals surface area contributed by atoms with Crippen LogP contribution in [0.2, 0.25) is 0 Å². The first-order valence-corrected chi connectivity index (χ1v) is 6.37. The Balaban J connectivity index is 2.35. The standard InChI is InChI=1S/C14H15NS/c1-2-16-14-9-8-12(10-13(14)15)11-6-4-3-5-7-11/h3-10H,2,15H2,1H3. The molecule has 2 N–H and O–H groups in total. The molecule has 0 spiro atoms. The van der Waals surface area contributed by atoms with Crippen LogP contribution in [0.1, 0.15) is 6.92 Å². The van der Waals surface area contributed by atoms with Crippen LogP contribution in [-0.4, -0.2) is 5.75 Å². The summed E-state index contributed by atoms with van der Waals surface area (Å²) in [7, 11) is 0. The molecule has 2 aromatic carbocycles. The van der Waals surface area contributed by atoms with Crippen LogP contribution in [0.4, 0.5) is 5.69 Å². The maximum Gasteiger partial charge on any atom is 0.0458 e. The van der Waals surface area contributed by atoms with E-state index in [2.05, 4.69) is 31.2 Å². The summed E-state index contributed by atoms with van der Waals surface area (Å²) in [6.07, 6.45) is 0. The molecular formula is C14H15NS. The molecule has 0 saturated carbocycles. The van der Waals surface area contributed by atoms with Gasteiger partial charge >= 0.3 is 0 Å². The highest BCUT2D eigenvalue weighted by atomic mass is 32.2. The lowest BCUT2D eigenvalue weighted by molar-refractivity contribution is 1.43. The maximum atomic E-state index is 6.02. The second-order valence-corrected chi connectivity index (χ2v) is 4.86. The second-order valence-electron chi connectivity index (χ2n) is 3.55. The molecule has 0 radical (unpaired) electrons. The van der Waals surface area contributed by atoms with E-state index >= 15 is 0 Å². The van der Waals surface area contributed by atoms with Gasteiger partial charge in [-0.2, -0.15) is 0 Å². The summed E-state index contributed by atoms with van der Waals surface area (Å²) in [5.74, 6) is 1.05. The lowest BCUT2D eigenvalue weighted by Gasteiger charge is -2.07. The molecule has 82 valence electrons. The average molecular weight is 229 g/mol. The molecule has 0 amide bonds. The van der Waals surface area contributed by atoms with Gasteiger partial charge in [0, 0.05) is 10.6 Å². The van der Waals surface area contributed by atoms with Crippen LogP contribution >= 0.6 is 11.8 Å². The van der Waals surface area contributed by atoms with Gasteiger partial charge in [-0.05, 0) is 29.0 Å². The molecule has 0 heterocycles. The maximum absolute atomic E-state index is 6.02. The van der Waals surface area contributed by atoms with Crippen LogP contribution in [0.3, 0.4) is 0 Å². The Bertz CT molecular complexity index is 465. The van der Waals surface area contributed by atoms with Gasteiger partial charge in [-0.1, -0.05) is 43.3 Å². The van der Waals surface area contributed by atoms with Gasteiger partial charge in [0.25, 0.3) is 0 Å². The number of anilines is 1. The number of benzene rings is 2. The molecule has 0 aliphatic rings. The van der Waals surface area contributed by atoms with Crippen molar-refractivity contribution in [3.05, 3.63) is 48.5 Å². The summed E-state index contributed by atoms with van der Waals surface area (Å²) in [5.41, 5.74) is 9.28. The van der Waals surface area contributed by atoms with E-state index < -0.39 is 0 Å². The van der Waals surface area contributed by atoms with Crippen molar-refractivity contribution in [2.75, 3.05) is 11.5 Å². The minimum Gasteiger partial charge on any atom is -0.398 e. The molecule has 2 rings (SSSR count). The van der Waals surface area contributed by atoms with E-state index in [-0.39, 0.29) is 0 Å². The fourth-order valence-electron chi connectivity index (χ4n) is 1.65. The molecule has 0 atom stereocenters. The third-order valence-corrected chi connectivity index (χ3v) is 3.39. The number of nitrogen functional groups attached to an aromatic ring is 1. The fraction of sp³-hybridized carbons (Fsp3) is 0.143. The number of rotatable bonds is 3. The van der Waals surface area contributed by atoms with Crippen molar-refractivity contribution in [3.8, 4) is 11.1 Å². The molecule has 0 aliphatic heterocycles. The Labute approximate surface area is 101 Å². The number of hydrogen-bond acceptors (Lipinski definition) is 2. The normalized spacial score (nSPS) is 10.3. The summed E-state index contributed by atoms with van der Waals surface area (Å²) in [6.45, 7) is 2.13. The monoisotopic (exact) mass is 229 g/mol. The molecule has 2 aromatic rings. The van der Waals surface area contributed by atoms with E-state index in [0.29, 0.717) is 0 Å². The molecule has 0 fully saturated rings. The summed E-state index contributed by atoms with van der Waals surface area (Å²) in [5, 5.41) is 0. The highest BCUT2D eigenvalue weighted by Crippen LogP contribution is 2.29. The third-order valence-electron chi connectivity index (χ3n) is 2.42. The minimum atomic E-state index is 0.869. The predicted molar refractivity (Wildman–Crippen MR) is 72.7 cm³/mol. The summed E-state index contributed by atoms with van der Waals surface area (Å²) in [6, 6.07) is 16.6. The SMILES string of the molecule is CCSc1ccc(-c2ccccc2)cc1N. The Morgan fingerprint density at radius 1 is 1.00 bits per heavy atom. The topological polar surface area (TPSA) is 26.0 Å². The predicted octanol–water partition coefficient (Wildman–Crippen LogP) is 4.05. The molecular weight excluding hydrogens is 214 g/mol. The van der Waals surface area contributed by atoms with E-state index in [1.807, 2.05) is 24.3 Å². The first kappa shape index (κ1) is 11.1. The Morgan fingerprint density at radius 2 is 1.75 bits per heavy atom. The van der Waals surface area contributed by atoms with Gasteiger partial charge in [0.15, 0.2) is 0 Å². The van der Waals surface area contributed by atoms with Crippen LogP contribution < -0.4 is 5.73 Å². The van der Waals surface area contributed by atoms with Crippen molar-refractivity contribution in [3.63, 3.8) is 0 Å². The van der Waals surface area contributed by atoms with E-state index in [1.165, 1.54) is 16.0 Å².